The van der Waals surface area contributed by atoms with E-state index in [4.69, 9.17) is 4.74 Å². The molecule has 1 aliphatic heterocycles. The van der Waals surface area contributed by atoms with Gasteiger partial charge in [-0.05, 0) is 63.7 Å². The number of carbonyl (C=O) groups excluding carboxylic acids is 2. The Balaban J connectivity index is 1.95. The molecule has 0 spiro atoms. The number of aliphatic hydroxyl groups is 1. The summed E-state index contributed by atoms with van der Waals surface area (Å²) in [6, 6.07) is 1.39. The van der Waals surface area contributed by atoms with Crippen LogP contribution in [0.1, 0.15) is 69.3 Å². The van der Waals surface area contributed by atoms with Crippen LogP contribution in [-0.4, -0.2) is 76.8 Å². The molecule has 3 amide bonds. The molecule has 0 radical (unpaired) electrons. The number of carbonyl (C=O) groups is 2. The third kappa shape index (κ3) is 6.05. The first kappa shape index (κ1) is 25.0. The first-order valence-electron chi connectivity index (χ1n) is 12.0. The molecule has 0 unspecified atom stereocenters. The van der Waals surface area contributed by atoms with Crippen LogP contribution in [0.4, 0.5) is 4.79 Å². The molecule has 2 aliphatic rings. The largest absolute Gasteiger partial charge is 0.472 e. The number of aromatic nitrogens is 1. The number of hydrogen-bond donors (Lipinski definition) is 2. The summed E-state index contributed by atoms with van der Waals surface area (Å²) in [6.45, 7) is 8.30. The fraction of sp³-hybridized carbons (Fsp3) is 0.640. The number of allylic oxidation sites excluding steroid dienone is 2. The van der Waals surface area contributed by atoms with Gasteiger partial charge in [-0.25, -0.2) is 9.78 Å². The van der Waals surface area contributed by atoms with E-state index in [9.17, 15) is 14.7 Å². The smallest absolute Gasteiger partial charge is 0.317 e. The normalized spacial score (nSPS) is 22.0. The predicted molar refractivity (Wildman–Crippen MR) is 128 cm³/mol. The molecule has 3 atom stereocenters. The zero-order valence-electron chi connectivity index (χ0n) is 20.5. The summed E-state index contributed by atoms with van der Waals surface area (Å²) in [5, 5.41) is 12.7. The summed E-state index contributed by atoms with van der Waals surface area (Å²) in [5.41, 5.74) is 2.56. The van der Waals surface area contributed by atoms with Crippen molar-refractivity contribution in [1.29, 1.82) is 0 Å². The Morgan fingerprint density at radius 1 is 1.36 bits per heavy atom. The van der Waals surface area contributed by atoms with Crippen LogP contribution in [0.5, 0.6) is 5.88 Å². The van der Waals surface area contributed by atoms with Crippen LogP contribution in [-0.2, 0) is 0 Å². The van der Waals surface area contributed by atoms with Crippen molar-refractivity contribution in [2.75, 3.05) is 26.7 Å². The molecule has 2 N–H and O–H groups in total. The van der Waals surface area contributed by atoms with Gasteiger partial charge in [-0.1, -0.05) is 13.0 Å². The first-order valence-corrected chi connectivity index (χ1v) is 12.0. The molecule has 0 bridgehead atoms. The van der Waals surface area contributed by atoms with Crippen LogP contribution in [0.3, 0.4) is 0 Å². The number of nitrogens with zero attached hydrogens (tertiary/aromatic N) is 3. The van der Waals surface area contributed by atoms with Gasteiger partial charge >= 0.3 is 6.03 Å². The van der Waals surface area contributed by atoms with E-state index >= 15 is 0 Å². The first-order chi connectivity index (χ1) is 15.7. The summed E-state index contributed by atoms with van der Waals surface area (Å²) in [4.78, 5) is 33.9. The number of rotatable bonds is 6. The summed E-state index contributed by atoms with van der Waals surface area (Å²) in [6.07, 6.45) is 7.97. The van der Waals surface area contributed by atoms with Gasteiger partial charge in [0, 0.05) is 31.7 Å². The van der Waals surface area contributed by atoms with Crippen LogP contribution in [0.25, 0.3) is 5.57 Å². The van der Waals surface area contributed by atoms with E-state index in [2.05, 4.69) is 16.4 Å². The summed E-state index contributed by atoms with van der Waals surface area (Å²) < 4.78 is 6.29. The molecular weight excluding hydrogens is 420 g/mol. The van der Waals surface area contributed by atoms with Crippen molar-refractivity contribution in [3.05, 3.63) is 29.5 Å². The third-order valence-electron chi connectivity index (χ3n) is 6.40. The van der Waals surface area contributed by atoms with Crippen LogP contribution >= 0.6 is 0 Å². The average Bonchev–Trinajstić information content (AvgIpc) is 2.80. The van der Waals surface area contributed by atoms with Crippen LogP contribution in [0.2, 0.25) is 0 Å². The molecular formula is C25H38N4O4. The van der Waals surface area contributed by atoms with Gasteiger partial charge in [0.2, 0.25) is 5.88 Å². The second-order valence-corrected chi connectivity index (χ2v) is 9.66. The zero-order chi connectivity index (χ0) is 24.1. The highest BCUT2D eigenvalue weighted by Crippen LogP contribution is 2.32. The van der Waals surface area contributed by atoms with Gasteiger partial charge in [0.05, 0.1) is 19.2 Å². The molecule has 1 aromatic heterocycles. The Hall–Kier alpha value is -2.61. The molecule has 0 saturated carbocycles. The topological polar surface area (TPSA) is 95.0 Å². The second-order valence-electron chi connectivity index (χ2n) is 9.66. The fourth-order valence-electron chi connectivity index (χ4n) is 4.31. The maximum atomic E-state index is 13.5. The Kier molecular flexibility index (Phi) is 8.35. The lowest BCUT2D eigenvalue weighted by Gasteiger charge is -2.37. The molecule has 0 aromatic carbocycles. The van der Waals surface area contributed by atoms with Crippen molar-refractivity contribution in [1.82, 2.24) is 20.1 Å². The van der Waals surface area contributed by atoms with E-state index in [-0.39, 0.29) is 48.5 Å². The lowest BCUT2D eigenvalue weighted by Crippen LogP contribution is -2.51. The number of hydrogen-bond acceptors (Lipinski definition) is 5. The van der Waals surface area contributed by atoms with Gasteiger partial charge in [0.15, 0.2) is 0 Å². The number of fused-ring (bicyclic) bond motifs is 1. The Morgan fingerprint density at radius 3 is 2.76 bits per heavy atom. The standard InChI is InChI=1S/C25H38N4O4/c1-16(2)27-25(32)28(5)14-22-17(3)13-29(18(4)15-30)24(31)21-11-20(12-26-23(21)33-22)19-9-7-6-8-10-19/h9,11-12,16-18,22,30H,6-8,10,13-15H2,1-5H3,(H,27,32)/t17-,18-,22+/m1/s1. The van der Waals surface area contributed by atoms with Gasteiger partial charge in [-0.15, -0.1) is 0 Å². The number of amides is 3. The van der Waals surface area contributed by atoms with E-state index in [1.54, 1.807) is 23.0 Å². The Morgan fingerprint density at radius 2 is 2.12 bits per heavy atom. The molecule has 0 fully saturated rings. The van der Waals surface area contributed by atoms with E-state index in [0.717, 1.165) is 24.8 Å². The van der Waals surface area contributed by atoms with Crippen molar-refractivity contribution in [3.8, 4) is 5.88 Å². The predicted octanol–water partition coefficient (Wildman–Crippen LogP) is 3.31. The minimum Gasteiger partial charge on any atom is -0.472 e. The quantitative estimate of drug-likeness (QED) is 0.682. The maximum absolute atomic E-state index is 13.5. The van der Waals surface area contributed by atoms with Crippen molar-refractivity contribution in [2.24, 2.45) is 5.92 Å². The number of urea groups is 1. The third-order valence-corrected chi connectivity index (χ3v) is 6.40. The van der Waals surface area contributed by atoms with Gasteiger partial charge < -0.3 is 25.0 Å². The highest BCUT2D eigenvalue weighted by atomic mass is 16.5. The minimum atomic E-state index is -0.361. The minimum absolute atomic E-state index is 0.0315. The van der Waals surface area contributed by atoms with Gasteiger partial charge in [-0.2, -0.15) is 0 Å². The number of nitrogens with one attached hydrogen (secondary N) is 1. The second kappa shape index (κ2) is 11.0. The molecule has 8 nitrogen and oxygen atoms in total. The van der Waals surface area contributed by atoms with Crippen LogP contribution in [0.15, 0.2) is 18.3 Å². The molecule has 1 aliphatic carbocycles. The zero-order valence-corrected chi connectivity index (χ0v) is 20.5. The summed E-state index contributed by atoms with van der Waals surface area (Å²) in [5.74, 6) is 0.0194. The number of aliphatic hydroxyl groups excluding tert-OH is 1. The Labute approximate surface area is 197 Å². The van der Waals surface area contributed by atoms with Crippen molar-refractivity contribution in [2.45, 2.75) is 71.6 Å². The Bertz CT molecular complexity index is 885. The molecule has 33 heavy (non-hydrogen) atoms. The molecule has 182 valence electrons. The summed E-state index contributed by atoms with van der Waals surface area (Å²) in [7, 11) is 1.73. The fourth-order valence-corrected chi connectivity index (χ4v) is 4.31. The SMILES string of the molecule is CC(C)NC(=O)N(C)C[C@@H]1Oc2ncc(C3=CCCCC3)cc2C(=O)N([C@H](C)CO)C[C@H]1C. The molecule has 3 rings (SSSR count). The lowest BCUT2D eigenvalue weighted by molar-refractivity contribution is 0.0351. The van der Waals surface area contributed by atoms with E-state index < -0.39 is 0 Å². The van der Waals surface area contributed by atoms with E-state index in [0.29, 0.717) is 18.7 Å². The van der Waals surface area contributed by atoms with E-state index in [1.807, 2.05) is 33.8 Å². The van der Waals surface area contributed by atoms with Gasteiger partial charge in [-0.3, -0.25) is 4.79 Å². The lowest BCUT2D eigenvalue weighted by atomic mass is 9.93. The number of pyridine rings is 1. The van der Waals surface area contributed by atoms with Crippen molar-refractivity contribution in [3.63, 3.8) is 0 Å². The van der Waals surface area contributed by atoms with Gasteiger partial charge in [0.25, 0.3) is 5.91 Å². The number of ether oxygens (including phenoxy) is 1. The molecule has 1 aromatic rings. The molecule has 2 heterocycles. The molecule has 8 heteroatoms. The van der Waals surface area contributed by atoms with Gasteiger partial charge in [0.1, 0.15) is 11.7 Å². The van der Waals surface area contributed by atoms with Crippen molar-refractivity contribution < 1.29 is 19.4 Å². The highest BCUT2D eigenvalue weighted by molar-refractivity contribution is 5.97. The summed E-state index contributed by atoms with van der Waals surface area (Å²) >= 11 is 0. The van der Waals surface area contributed by atoms with Crippen molar-refractivity contribution >= 4 is 17.5 Å². The number of likely N-dealkylation sites (N-methyl/N-ethyl adjacent to an activating group) is 1. The monoisotopic (exact) mass is 458 g/mol. The van der Waals surface area contributed by atoms with Crippen LogP contribution in [0, 0.1) is 5.92 Å². The highest BCUT2D eigenvalue weighted by Gasteiger charge is 2.35. The average molecular weight is 459 g/mol. The molecule has 0 saturated heterocycles. The van der Waals surface area contributed by atoms with E-state index in [1.165, 1.54) is 12.0 Å². The van der Waals surface area contributed by atoms with Crippen LogP contribution < -0.4 is 10.1 Å². The maximum Gasteiger partial charge on any atom is 0.317 e.